The fourth-order valence-corrected chi connectivity index (χ4v) is 2.97. The number of fused-ring (bicyclic) bond motifs is 1. The Morgan fingerprint density at radius 3 is 2.71 bits per heavy atom. The highest BCUT2D eigenvalue weighted by atomic mass is 16.5. The second-order valence-corrected chi connectivity index (χ2v) is 5.66. The number of aryl methyl sites for hydroxylation is 1. The summed E-state index contributed by atoms with van der Waals surface area (Å²) in [5.41, 5.74) is 4.11. The third-order valence-electron chi connectivity index (χ3n) is 4.04. The molecule has 0 amide bonds. The van der Waals surface area contributed by atoms with E-state index in [1.165, 1.54) is 36.1 Å². The lowest BCUT2D eigenvalue weighted by molar-refractivity contribution is 0.317. The van der Waals surface area contributed by atoms with Gasteiger partial charge in [0.25, 0.3) is 0 Å². The minimum Gasteiger partial charge on any atom is -0.494 e. The van der Waals surface area contributed by atoms with Crippen molar-refractivity contribution in [2.75, 3.05) is 11.9 Å². The van der Waals surface area contributed by atoms with Crippen molar-refractivity contribution in [2.24, 2.45) is 0 Å². The van der Waals surface area contributed by atoms with Crippen molar-refractivity contribution < 1.29 is 4.74 Å². The highest BCUT2D eigenvalue weighted by Crippen LogP contribution is 2.32. The Kier molecular flexibility index (Phi) is 4.44. The minimum atomic E-state index is 0.428. The molecule has 0 aromatic heterocycles. The Morgan fingerprint density at radius 2 is 1.90 bits per heavy atom. The lowest BCUT2D eigenvalue weighted by Crippen LogP contribution is -2.17. The zero-order chi connectivity index (χ0) is 14.5. The molecule has 0 spiro atoms. The summed E-state index contributed by atoms with van der Waals surface area (Å²) in [5.74, 6) is 0.950. The molecule has 21 heavy (non-hydrogen) atoms. The normalized spacial score (nSPS) is 17.1. The topological polar surface area (TPSA) is 21.3 Å². The summed E-state index contributed by atoms with van der Waals surface area (Å²) >= 11 is 0. The maximum atomic E-state index is 5.63. The molecule has 1 atom stereocenters. The molecular weight excluding hydrogens is 258 g/mol. The van der Waals surface area contributed by atoms with Crippen molar-refractivity contribution in [1.82, 2.24) is 0 Å². The molecule has 2 heteroatoms. The zero-order valence-electron chi connectivity index (χ0n) is 12.6. The molecule has 0 saturated carbocycles. The Bertz CT molecular complexity index is 576. The molecule has 0 saturated heterocycles. The van der Waals surface area contributed by atoms with E-state index in [2.05, 4.69) is 48.6 Å². The van der Waals surface area contributed by atoms with Gasteiger partial charge in [-0.25, -0.2) is 0 Å². The number of rotatable bonds is 5. The van der Waals surface area contributed by atoms with Crippen molar-refractivity contribution >= 4 is 5.69 Å². The van der Waals surface area contributed by atoms with Crippen molar-refractivity contribution in [1.29, 1.82) is 0 Å². The van der Waals surface area contributed by atoms with Crippen LogP contribution in [0.4, 0.5) is 5.69 Å². The van der Waals surface area contributed by atoms with E-state index in [0.717, 1.165) is 18.8 Å². The van der Waals surface area contributed by atoms with E-state index >= 15 is 0 Å². The maximum Gasteiger partial charge on any atom is 0.119 e. The first-order valence-corrected chi connectivity index (χ1v) is 7.94. The van der Waals surface area contributed by atoms with Crippen LogP contribution in [-0.2, 0) is 6.42 Å². The van der Waals surface area contributed by atoms with Gasteiger partial charge in [0.15, 0.2) is 0 Å². The lowest BCUT2D eigenvalue weighted by atomic mass is 9.87. The van der Waals surface area contributed by atoms with Gasteiger partial charge in [0.1, 0.15) is 5.75 Å². The van der Waals surface area contributed by atoms with E-state index in [1.807, 2.05) is 12.1 Å². The molecule has 0 fully saturated rings. The standard InChI is InChI=1S/C19H23NO/c1-2-14-21-17-12-10-16(11-13-17)20-19-9-5-7-15-6-3-4-8-18(15)19/h3-4,6,8,10-13,19-20H,2,5,7,9,14H2,1H3. The molecule has 0 heterocycles. The average molecular weight is 281 g/mol. The van der Waals surface area contributed by atoms with Crippen LogP contribution in [0.1, 0.15) is 43.4 Å². The molecule has 1 unspecified atom stereocenters. The maximum absolute atomic E-state index is 5.63. The van der Waals surface area contributed by atoms with Gasteiger partial charge in [0.05, 0.1) is 12.6 Å². The van der Waals surface area contributed by atoms with Crippen LogP contribution in [0.2, 0.25) is 0 Å². The zero-order valence-corrected chi connectivity index (χ0v) is 12.6. The number of benzene rings is 2. The fourth-order valence-electron chi connectivity index (χ4n) is 2.97. The van der Waals surface area contributed by atoms with Crippen LogP contribution in [-0.4, -0.2) is 6.61 Å². The van der Waals surface area contributed by atoms with E-state index in [4.69, 9.17) is 4.74 Å². The van der Waals surface area contributed by atoms with Gasteiger partial charge in [0, 0.05) is 5.69 Å². The predicted octanol–water partition coefficient (Wildman–Crippen LogP) is 4.96. The van der Waals surface area contributed by atoms with Crippen molar-refractivity contribution in [3.05, 3.63) is 59.7 Å². The molecule has 1 aliphatic rings. The van der Waals surface area contributed by atoms with E-state index in [9.17, 15) is 0 Å². The van der Waals surface area contributed by atoms with E-state index in [-0.39, 0.29) is 0 Å². The van der Waals surface area contributed by atoms with Crippen molar-refractivity contribution in [3.8, 4) is 5.75 Å². The molecule has 3 rings (SSSR count). The smallest absolute Gasteiger partial charge is 0.119 e. The van der Waals surface area contributed by atoms with Crippen molar-refractivity contribution in [2.45, 2.75) is 38.6 Å². The molecule has 2 aromatic carbocycles. The van der Waals surface area contributed by atoms with E-state index in [1.54, 1.807) is 0 Å². The number of ether oxygens (including phenoxy) is 1. The molecule has 0 bridgehead atoms. The Morgan fingerprint density at radius 1 is 1.10 bits per heavy atom. The molecule has 1 N–H and O–H groups in total. The van der Waals surface area contributed by atoms with Gasteiger partial charge < -0.3 is 10.1 Å². The Hall–Kier alpha value is -1.96. The molecule has 2 nitrogen and oxygen atoms in total. The number of hydrogen-bond acceptors (Lipinski definition) is 2. The molecule has 1 aliphatic carbocycles. The summed E-state index contributed by atoms with van der Waals surface area (Å²) in [6, 6.07) is 17.5. The van der Waals surface area contributed by atoms with Crippen LogP contribution in [0.5, 0.6) is 5.75 Å². The van der Waals surface area contributed by atoms with Crippen LogP contribution in [0.15, 0.2) is 48.5 Å². The van der Waals surface area contributed by atoms with Gasteiger partial charge in [-0.15, -0.1) is 0 Å². The van der Waals surface area contributed by atoms with Gasteiger partial charge in [-0.1, -0.05) is 31.2 Å². The summed E-state index contributed by atoms with van der Waals surface area (Å²) in [6.45, 7) is 2.90. The first kappa shape index (κ1) is 14.0. The van der Waals surface area contributed by atoms with Crippen LogP contribution in [0, 0.1) is 0 Å². The van der Waals surface area contributed by atoms with Crippen LogP contribution >= 0.6 is 0 Å². The summed E-state index contributed by atoms with van der Waals surface area (Å²) in [5, 5.41) is 3.66. The predicted molar refractivity (Wildman–Crippen MR) is 88.0 cm³/mol. The average Bonchev–Trinajstić information content (AvgIpc) is 2.55. The highest BCUT2D eigenvalue weighted by molar-refractivity contribution is 5.49. The molecule has 0 aliphatic heterocycles. The van der Waals surface area contributed by atoms with Gasteiger partial charge >= 0.3 is 0 Å². The lowest BCUT2D eigenvalue weighted by Gasteiger charge is -2.27. The van der Waals surface area contributed by atoms with E-state index < -0.39 is 0 Å². The van der Waals surface area contributed by atoms with Crippen LogP contribution in [0.25, 0.3) is 0 Å². The second-order valence-electron chi connectivity index (χ2n) is 5.66. The first-order chi connectivity index (χ1) is 10.4. The molecule has 0 radical (unpaired) electrons. The highest BCUT2D eigenvalue weighted by Gasteiger charge is 2.19. The first-order valence-electron chi connectivity index (χ1n) is 7.94. The molecular formula is C19H23NO. The third-order valence-corrected chi connectivity index (χ3v) is 4.04. The monoisotopic (exact) mass is 281 g/mol. The molecule has 2 aromatic rings. The SMILES string of the molecule is CCCOc1ccc(NC2CCCc3ccccc32)cc1. The van der Waals surface area contributed by atoms with Crippen molar-refractivity contribution in [3.63, 3.8) is 0 Å². The largest absolute Gasteiger partial charge is 0.494 e. The Balaban J connectivity index is 1.70. The van der Waals surface area contributed by atoms with Crippen LogP contribution < -0.4 is 10.1 Å². The number of nitrogens with one attached hydrogen (secondary N) is 1. The van der Waals surface area contributed by atoms with Gasteiger partial charge in [0.2, 0.25) is 0 Å². The van der Waals surface area contributed by atoms with Gasteiger partial charge in [-0.2, -0.15) is 0 Å². The number of anilines is 1. The van der Waals surface area contributed by atoms with Gasteiger partial charge in [-0.3, -0.25) is 0 Å². The fraction of sp³-hybridized carbons (Fsp3) is 0.368. The second kappa shape index (κ2) is 6.66. The summed E-state index contributed by atoms with van der Waals surface area (Å²) in [4.78, 5) is 0. The number of hydrogen-bond donors (Lipinski definition) is 1. The van der Waals surface area contributed by atoms with Gasteiger partial charge in [-0.05, 0) is 61.1 Å². The minimum absolute atomic E-state index is 0.428. The van der Waals surface area contributed by atoms with Crippen LogP contribution in [0.3, 0.4) is 0 Å². The quantitative estimate of drug-likeness (QED) is 0.836. The molecule has 110 valence electrons. The summed E-state index contributed by atoms with van der Waals surface area (Å²) in [7, 11) is 0. The third kappa shape index (κ3) is 3.38. The summed E-state index contributed by atoms with van der Waals surface area (Å²) in [6.07, 6.45) is 4.70. The Labute approximate surface area is 127 Å². The summed E-state index contributed by atoms with van der Waals surface area (Å²) < 4.78 is 5.63. The van der Waals surface area contributed by atoms with E-state index in [0.29, 0.717) is 6.04 Å².